The smallest absolute Gasteiger partial charge is 0.377 e. The molecule has 2 heterocycles. The van der Waals surface area contributed by atoms with Crippen LogP contribution in [0.2, 0.25) is 0 Å². The summed E-state index contributed by atoms with van der Waals surface area (Å²) < 4.78 is 43.4. The summed E-state index contributed by atoms with van der Waals surface area (Å²) in [5.41, 5.74) is -3.33. The van der Waals surface area contributed by atoms with Crippen LogP contribution in [0.25, 0.3) is 0 Å². The molecule has 4 amide bonds. The highest BCUT2D eigenvalue weighted by Crippen LogP contribution is 2.52. The fourth-order valence-corrected chi connectivity index (χ4v) is 6.49. The summed E-state index contributed by atoms with van der Waals surface area (Å²) in [5, 5.41) is 12.1. The maximum absolute atomic E-state index is 16.4. The van der Waals surface area contributed by atoms with Crippen LogP contribution in [0.5, 0.6) is 11.5 Å². The Morgan fingerprint density at radius 2 is 1.64 bits per heavy atom. The van der Waals surface area contributed by atoms with E-state index in [4.69, 9.17) is 9.47 Å². The number of imide groups is 2. The third-order valence-electron chi connectivity index (χ3n) is 8.63. The van der Waals surface area contributed by atoms with Crippen molar-refractivity contribution >= 4 is 35.3 Å². The van der Waals surface area contributed by atoms with Gasteiger partial charge in [0.05, 0.1) is 25.3 Å². The Morgan fingerprint density at radius 1 is 1.00 bits per heavy atom. The topological polar surface area (TPSA) is 143 Å². The number of fused-ring (bicyclic) bond motifs is 1. The number of carbonyl (C=O) groups excluding carboxylic acids is 4. The van der Waals surface area contributed by atoms with Gasteiger partial charge in [0.15, 0.2) is 11.5 Å². The summed E-state index contributed by atoms with van der Waals surface area (Å²) in [6, 6.07) is 7.62. The molecule has 2 atom stereocenters. The quantitative estimate of drug-likeness (QED) is 0.346. The number of anilines is 1. The summed E-state index contributed by atoms with van der Waals surface area (Å²) in [7, 11) is 2.87. The van der Waals surface area contributed by atoms with E-state index in [0.29, 0.717) is 17.1 Å². The van der Waals surface area contributed by atoms with E-state index in [-0.39, 0.29) is 49.0 Å². The molecule has 0 bridgehead atoms. The molecule has 13 heteroatoms. The minimum absolute atomic E-state index is 0.0404. The highest BCUT2D eigenvalue weighted by atomic mass is 19.3. The Morgan fingerprint density at radius 3 is 2.20 bits per heavy atom. The summed E-state index contributed by atoms with van der Waals surface area (Å²) in [6.45, 7) is 6.05. The number of aliphatic carboxylic acids is 1. The molecule has 2 aromatic carbocycles. The van der Waals surface area contributed by atoms with Crippen LogP contribution in [0.4, 0.5) is 14.5 Å². The van der Waals surface area contributed by atoms with E-state index in [2.05, 4.69) is 5.32 Å². The number of amides is 4. The van der Waals surface area contributed by atoms with E-state index in [1.807, 2.05) is 0 Å². The Labute approximate surface area is 259 Å². The van der Waals surface area contributed by atoms with E-state index in [1.165, 1.54) is 58.1 Å². The lowest BCUT2D eigenvalue weighted by Crippen LogP contribution is -2.70. The third kappa shape index (κ3) is 5.48. The molecular formula is C32H37F2N3O8. The predicted molar refractivity (Wildman–Crippen MR) is 159 cm³/mol. The summed E-state index contributed by atoms with van der Waals surface area (Å²) >= 11 is 0. The number of hydrogen-bond acceptors (Lipinski definition) is 8. The number of methoxy groups -OCH3 is 2. The molecule has 0 aromatic heterocycles. The fraction of sp³-hybridized carbons (Fsp3) is 0.469. The molecule has 11 nitrogen and oxygen atoms in total. The van der Waals surface area contributed by atoms with Gasteiger partial charge in [0.2, 0.25) is 11.8 Å². The van der Waals surface area contributed by atoms with Crippen molar-refractivity contribution in [1.29, 1.82) is 0 Å². The third-order valence-corrected chi connectivity index (χ3v) is 8.63. The van der Waals surface area contributed by atoms with E-state index in [0.717, 1.165) is 4.90 Å². The highest BCUT2D eigenvalue weighted by Gasteiger charge is 2.67. The first-order valence-electron chi connectivity index (χ1n) is 14.5. The number of carboxylic acids is 1. The standard InChI is InChI=1S/C32H37F2N3O8/c1-7-14-31(30(2,3)4,32(33,34)29(42)43)36(17-18-8-12-23(44-5)24(15-18)45-6)19-9-10-20-21(16-19)28(41)37(27(20)40)22-11-13-25(38)35-26(22)39/h8-10,12,15-16,22H,7,11,13-14,17H2,1-6H3,(H,42,43)(H,35,38,39). The number of benzene rings is 2. The van der Waals surface area contributed by atoms with Crippen molar-refractivity contribution in [2.75, 3.05) is 19.1 Å². The Hall–Kier alpha value is -4.55. The molecular weight excluding hydrogens is 592 g/mol. The van der Waals surface area contributed by atoms with Crippen LogP contribution in [0.3, 0.4) is 0 Å². The van der Waals surface area contributed by atoms with Crippen LogP contribution < -0.4 is 19.7 Å². The minimum Gasteiger partial charge on any atom is -0.493 e. The number of halogens is 2. The van der Waals surface area contributed by atoms with Crippen LogP contribution in [0, 0.1) is 5.41 Å². The molecule has 0 radical (unpaired) electrons. The average molecular weight is 630 g/mol. The summed E-state index contributed by atoms with van der Waals surface area (Å²) in [6.07, 6.45) is -0.184. The lowest BCUT2D eigenvalue weighted by atomic mass is 9.65. The Balaban J connectivity index is 1.93. The van der Waals surface area contributed by atoms with Gasteiger partial charge in [0.25, 0.3) is 11.8 Å². The first-order chi connectivity index (χ1) is 21.0. The van der Waals surface area contributed by atoms with Crippen molar-refractivity contribution in [3.63, 3.8) is 0 Å². The second-order valence-electron chi connectivity index (χ2n) is 12.2. The zero-order valence-corrected chi connectivity index (χ0v) is 26.0. The van der Waals surface area contributed by atoms with Gasteiger partial charge in [0.1, 0.15) is 11.6 Å². The highest BCUT2D eigenvalue weighted by molar-refractivity contribution is 6.23. The number of rotatable bonds is 11. The first-order valence-corrected chi connectivity index (χ1v) is 14.5. The molecule has 4 rings (SSSR count). The summed E-state index contributed by atoms with van der Waals surface area (Å²) in [5.74, 6) is -8.76. The van der Waals surface area contributed by atoms with E-state index in [1.54, 1.807) is 25.1 Å². The lowest BCUT2D eigenvalue weighted by molar-refractivity contribution is -0.187. The number of hydrogen-bond donors (Lipinski definition) is 2. The van der Waals surface area contributed by atoms with Crippen molar-refractivity contribution in [3.05, 3.63) is 53.1 Å². The normalized spacial score (nSPS) is 18.3. The van der Waals surface area contributed by atoms with Crippen LogP contribution in [0.15, 0.2) is 36.4 Å². The molecule has 0 spiro atoms. The largest absolute Gasteiger partial charge is 0.493 e. The zero-order valence-electron chi connectivity index (χ0n) is 26.0. The number of carbonyl (C=O) groups is 5. The molecule has 0 aliphatic carbocycles. The fourth-order valence-electron chi connectivity index (χ4n) is 6.49. The zero-order chi connectivity index (χ0) is 33.5. The number of nitrogens with one attached hydrogen (secondary N) is 1. The molecule has 1 saturated heterocycles. The molecule has 0 saturated carbocycles. The lowest BCUT2D eigenvalue weighted by Gasteiger charge is -2.55. The van der Waals surface area contributed by atoms with Gasteiger partial charge in [-0.25, -0.2) is 4.79 Å². The van der Waals surface area contributed by atoms with Crippen molar-refractivity contribution in [2.45, 2.75) is 77.4 Å². The monoisotopic (exact) mass is 629 g/mol. The van der Waals surface area contributed by atoms with Gasteiger partial charge < -0.3 is 19.5 Å². The second kappa shape index (κ2) is 12.1. The number of carboxylic acid groups (broad SMARTS) is 1. The molecule has 45 heavy (non-hydrogen) atoms. The van der Waals surface area contributed by atoms with Crippen LogP contribution in [0.1, 0.15) is 79.7 Å². The molecule has 242 valence electrons. The van der Waals surface area contributed by atoms with Gasteiger partial charge in [0, 0.05) is 18.7 Å². The van der Waals surface area contributed by atoms with Crippen molar-refractivity contribution in [2.24, 2.45) is 5.41 Å². The van der Waals surface area contributed by atoms with Gasteiger partial charge in [-0.1, -0.05) is 40.2 Å². The molecule has 2 unspecified atom stereocenters. The summed E-state index contributed by atoms with van der Waals surface area (Å²) in [4.78, 5) is 65.6. The van der Waals surface area contributed by atoms with Crippen LogP contribution >= 0.6 is 0 Å². The van der Waals surface area contributed by atoms with Gasteiger partial charge in [-0.05, 0) is 54.2 Å². The first kappa shape index (κ1) is 33.3. The minimum atomic E-state index is -4.30. The number of alkyl halides is 2. The number of nitrogens with zero attached hydrogens (tertiary/aromatic N) is 2. The molecule has 2 aliphatic rings. The van der Waals surface area contributed by atoms with Crippen LogP contribution in [-0.4, -0.2) is 71.3 Å². The molecule has 2 N–H and O–H groups in total. The predicted octanol–water partition coefficient (Wildman–Crippen LogP) is 4.42. The van der Waals surface area contributed by atoms with Crippen molar-refractivity contribution in [3.8, 4) is 11.5 Å². The Kier molecular flexibility index (Phi) is 8.96. The SMILES string of the molecule is CCCC(N(Cc1ccc(OC)c(OC)c1)c1ccc2c(c1)C(=O)N(C1CCC(=O)NC1=O)C2=O)(C(C)(C)C)C(F)(F)C(=O)O. The number of piperidine rings is 1. The second-order valence-corrected chi connectivity index (χ2v) is 12.2. The average Bonchev–Trinajstić information content (AvgIpc) is 3.22. The van der Waals surface area contributed by atoms with E-state index >= 15 is 8.78 Å². The Bertz CT molecular complexity index is 1550. The maximum Gasteiger partial charge on any atom is 0.377 e. The van der Waals surface area contributed by atoms with Crippen LogP contribution in [-0.2, 0) is 20.9 Å². The molecule has 2 aliphatic heterocycles. The van der Waals surface area contributed by atoms with Crippen molar-refractivity contribution in [1.82, 2.24) is 10.2 Å². The maximum atomic E-state index is 16.4. The molecule has 2 aromatic rings. The van der Waals surface area contributed by atoms with E-state index < -0.39 is 52.5 Å². The molecule has 1 fully saturated rings. The van der Waals surface area contributed by atoms with Gasteiger partial charge in [-0.15, -0.1) is 0 Å². The van der Waals surface area contributed by atoms with Crippen molar-refractivity contribution < 1.29 is 47.3 Å². The van der Waals surface area contributed by atoms with Gasteiger partial charge in [-0.2, -0.15) is 8.78 Å². The van der Waals surface area contributed by atoms with Gasteiger partial charge in [-0.3, -0.25) is 29.4 Å². The number of ether oxygens (including phenoxy) is 2. The van der Waals surface area contributed by atoms with E-state index in [9.17, 15) is 29.1 Å². The van der Waals surface area contributed by atoms with Gasteiger partial charge >= 0.3 is 11.9 Å².